The molecule has 0 bridgehead atoms. The van der Waals surface area contributed by atoms with Gasteiger partial charge in [-0.2, -0.15) is 0 Å². The number of imidazole rings is 1. The number of benzene rings is 4. The molecule has 1 amide bonds. The summed E-state index contributed by atoms with van der Waals surface area (Å²) in [7, 11) is 0. The van der Waals surface area contributed by atoms with Crippen molar-refractivity contribution in [2.24, 2.45) is 4.99 Å². The van der Waals surface area contributed by atoms with Crippen molar-refractivity contribution in [2.45, 2.75) is 70.6 Å². The van der Waals surface area contributed by atoms with E-state index in [4.69, 9.17) is 14.7 Å². The van der Waals surface area contributed by atoms with Crippen LogP contribution in [-0.2, 0) is 11.2 Å². The van der Waals surface area contributed by atoms with Crippen LogP contribution in [0.4, 0.5) is 10.5 Å². The lowest BCUT2D eigenvalue weighted by molar-refractivity contribution is 0.0219. The van der Waals surface area contributed by atoms with E-state index in [1.807, 2.05) is 25.7 Å². The molecule has 0 aliphatic carbocycles. The third-order valence-corrected chi connectivity index (χ3v) is 9.38. The maximum Gasteiger partial charge on any atom is 0.410 e. The first-order chi connectivity index (χ1) is 21.8. The van der Waals surface area contributed by atoms with Crippen molar-refractivity contribution >= 4 is 39.3 Å². The molecule has 4 aromatic carbocycles. The predicted molar refractivity (Wildman–Crippen MR) is 181 cm³/mol. The minimum absolute atomic E-state index is 0.102. The summed E-state index contributed by atoms with van der Waals surface area (Å²) in [5.41, 5.74) is 9.85. The largest absolute Gasteiger partial charge is 0.444 e. The Hall–Kier alpha value is -4.49. The fraction of sp³-hybridized carbons (Fsp3) is 0.342. The summed E-state index contributed by atoms with van der Waals surface area (Å²) in [5, 5.41) is 6.02. The lowest BCUT2D eigenvalue weighted by atomic mass is 9.96. The molecular weight excluding hydrogens is 558 g/mol. The number of aromatic amines is 1. The Balaban J connectivity index is 1.02. The molecule has 0 spiro atoms. The van der Waals surface area contributed by atoms with E-state index in [-0.39, 0.29) is 12.1 Å². The van der Waals surface area contributed by atoms with E-state index >= 15 is 0 Å². The molecule has 0 saturated carbocycles. The zero-order valence-electron chi connectivity index (χ0n) is 26.2. The van der Waals surface area contributed by atoms with Gasteiger partial charge in [-0.15, -0.1) is 0 Å². The second kappa shape index (κ2) is 10.8. The second-order valence-electron chi connectivity index (χ2n) is 13.7. The number of H-pyrrole nitrogens is 1. The van der Waals surface area contributed by atoms with Crippen molar-refractivity contribution < 1.29 is 9.53 Å². The molecule has 0 radical (unpaired) electrons. The zero-order chi connectivity index (χ0) is 30.7. The summed E-state index contributed by atoms with van der Waals surface area (Å²) in [6.45, 7) is 7.48. The van der Waals surface area contributed by atoms with E-state index in [0.717, 1.165) is 59.5 Å². The summed E-state index contributed by atoms with van der Waals surface area (Å²) in [6.07, 6.45) is 4.91. The van der Waals surface area contributed by atoms with E-state index in [0.29, 0.717) is 12.6 Å². The van der Waals surface area contributed by atoms with Crippen LogP contribution in [0.3, 0.4) is 0 Å². The number of ether oxygens (including phenoxy) is 1. The Morgan fingerprint density at radius 2 is 1.58 bits per heavy atom. The number of fused-ring (bicyclic) bond motifs is 3. The van der Waals surface area contributed by atoms with E-state index in [1.54, 1.807) is 0 Å². The Kier molecular flexibility index (Phi) is 6.75. The topological polar surface area (TPSA) is 82.6 Å². The van der Waals surface area contributed by atoms with Crippen LogP contribution >= 0.6 is 0 Å². The highest BCUT2D eigenvalue weighted by Gasteiger charge is 2.35. The van der Waals surface area contributed by atoms with Crippen LogP contribution in [0.25, 0.3) is 44.1 Å². The molecule has 2 N–H and O–H groups in total. The van der Waals surface area contributed by atoms with Crippen molar-refractivity contribution in [2.75, 3.05) is 13.1 Å². The van der Waals surface area contributed by atoms with Crippen molar-refractivity contribution in [3.8, 4) is 22.3 Å². The molecule has 7 nitrogen and oxygen atoms in total. The maximum absolute atomic E-state index is 12.9. The van der Waals surface area contributed by atoms with Gasteiger partial charge in [0.25, 0.3) is 0 Å². The molecule has 5 aromatic rings. The smallest absolute Gasteiger partial charge is 0.410 e. The zero-order valence-corrected chi connectivity index (χ0v) is 26.2. The van der Waals surface area contributed by atoms with Crippen molar-refractivity contribution in [1.29, 1.82) is 0 Å². The predicted octanol–water partition coefficient (Wildman–Crippen LogP) is 8.50. The molecule has 1 aromatic heterocycles. The Labute approximate surface area is 263 Å². The summed E-state index contributed by atoms with van der Waals surface area (Å²) in [5.74, 6) is 0.820. The van der Waals surface area contributed by atoms with Gasteiger partial charge in [0.1, 0.15) is 11.4 Å². The van der Waals surface area contributed by atoms with Gasteiger partial charge in [-0.25, -0.2) is 9.78 Å². The number of hydrogen-bond donors (Lipinski definition) is 2. The first-order valence-electron chi connectivity index (χ1n) is 16.3. The highest BCUT2D eigenvalue weighted by atomic mass is 16.6. The minimum atomic E-state index is -0.526. The third-order valence-electron chi connectivity index (χ3n) is 9.38. The van der Waals surface area contributed by atoms with Crippen LogP contribution in [0.15, 0.2) is 77.8 Å². The summed E-state index contributed by atoms with van der Waals surface area (Å²) < 4.78 is 5.67. The number of amides is 1. The SMILES string of the molecule is CC(C)(C)OC(=O)N1CCC[C@H]1c1nc2ccc(-c3ccc4cc(-c5ccc6c(c5)CC([C@@H]5CCCN5)=N6)ccc4c3)cc2[nH]1. The molecule has 0 unspecified atom stereocenters. The molecule has 4 heterocycles. The van der Waals surface area contributed by atoms with Crippen LogP contribution in [0, 0.1) is 0 Å². The van der Waals surface area contributed by atoms with Gasteiger partial charge >= 0.3 is 6.09 Å². The Morgan fingerprint density at radius 1 is 0.867 bits per heavy atom. The molecule has 45 heavy (non-hydrogen) atoms. The monoisotopic (exact) mass is 597 g/mol. The maximum atomic E-state index is 12.9. The number of aliphatic imine (C=N–C) groups is 1. The second-order valence-corrected chi connectivity index (χ2v) is 13.7. The fourth-order valence-electron chi connectivity index (χ4n) is 7.14. The first kappa shape index (κ1) is 28.0. The van der Waals surface area contributed by atoms with Gasteiger partial charge in [0.2, 0.25) is 0 Å². The fourth-order valence-corrected chi connectivity index (χ4v) is 7.14. The standard InChI is InChI=1S/C38H39N5O2/c1-38(2,3)45-37(44)43-17-5-7-35(43)36-41-32-15-13-28(21-34(32)42-36)26-11-10-23-18-25(9-8-24(23)19-26)27-12-14-30-29(20-27)22-33(40-30)31-6-4-16-39-31/h8-15,18-21,31,35,39H,4-7,16-17,22H2,1-3H3,(H,41,42)/t31-,35-/m0/s1. The number of aromatic nitrogens is 2. The number of carbonyl (C=O) groups is 1. The third kappa shape index (κ3) is 5.39. The first-order valence-corrected chi connectivity index (χ1v) is 16.3. The molecule has 8 rings (SSSR count). The number of rotatable bonds is 4. The Bertz CT molecular complexity index is 1980. The lowest BCUT2D eigenvalue weighted by Gasteiger charge is -2.27. The van der Waals surface area contributed by atoms with Gasteiger partial charge in [-0.3, -0.25) is 9.89 Å². The lowest BCUT2D eigenvalue weighted by Crippen LogP contribution is -2.36. The molecule has 3 aliphatic heterocycles. The van der Waals surface area contributed by atoms with Gasteiger partial charge in [-0.1, -0.05) is 36.4 Å². The number of likely N-dealkylation sites (tertiary alicyclic amines) is 1. The summed E-state index contributed by atoms with van der Waals surface area (Å²) in [4.78, 5) is 28.0. The van der Waals surface area contributed by atoms with Crippen molar-refractivity contribution in [3.05, 3.63) is 84.2 Å². The molecule has 2 fully saturated rings. The molecule has 7 heteroatoms. The summed E-state index contributed by atoms with van der Waals surface area (Å²) >= 11 is 0. The molecular formula is C38H39N5O2. The van der Waals surface area contributed by atoms with E-state index in [9.17, 15) is 4.79 Å². The number of nitrogens with zero attached hydrogens (tertiary/aromatic N) is 3. The summed E-state index contributed by atoms with van der Waals surface area (Å²) in [6, 6.07) is 26.8. The van der Waals surface area contributed by atoms with Crippen LogP contribution < -0.4 is 5.32 Å². The van der Waals surface area contributed by atoms with E-state index < -0.39 is 5.60 Å². The molecule has 2 atom stereocenters. The van der Waals surface area contributed by atoms with Crippen LogP contribution in [0.2, 0.25) is 0 Å². The van der Waals surface area contributed by atoms with Gasteiger partial charge in [0.05, 0.1) is 22.8 Å². The van der Waals surface area contributed by atoms with Crippen molar-refractivity contribution in [1.82, 2.24) is 20.2 Å². The van der Waals surface area contributed by atoms with Gasteiger partial charge < -0.3 is 15.0 Å². The highest BCUT2D eigenvalue weighted by Crippen LogP contribution is 2.36. The van der Waals surface area contributed by atoms with Gasteiger partial charge in [0, 0.05) is 24.7 Å². The minimum Gasteiger partial charge on any atom is -0.444 e. The number of carbonyl (C=O) groups excluding carboxylic acids is 1. The average Bonchev–Trinajstić information content (AvgIpc) is 3.84. The quantitative estimate of drug-likeness (QED) is 0.218. The van der Waals surface area contributed by atoms with Gasteiger partial charge in [-0.05, 0) is 128 Å². The Morgan fingerprint density at radius 3 is 2.31 bits per heavy atom. The van der Waals surface area contributed by atoms with Crippen LogP contribution in [0.5, 0.6) is 0 Å². The van der Waals surface area contributed by atoms with Crippen molar-refractivity contribution in [3.63, 3.8) is 0 Å². The molecule has 2 saturated heterocycles. The van der Waals surface area contributed by atoms with Crippen LogP contribution in [0.1, 0.15) is 63.9 Å². The van der Waals surface area contributed by atoms with Crippen LogP contribution in [-0.4, -0.2) is 51.4 Å². The van der Waals surface area contributed by atoms with Gasteiger partial charge in [0.15, 0.2) is 0 Å². The number of nitrogens with one attached hydrogen (secondary N) is 2. The van der Waals surface area contributed by atoms with E-state index in [1.165, 1.54) is 46.0 Å². The highest BCUT2D eigenvalue weighted by molar-refractivity contribution is 5.99. The number of hydrogen-bond acceptors (Lipinski definition) is 5. The average molecular weight is 598 g/mol. The molecule has 228 valence electrons. The normalized spacial score (nSPS) is 19.8. The van der Waals surface area contributed by atoms with E-state index in [2.05, 4.69) is 83.1 Å². The molecule has 3 aliphatic rings.